The number of carbonyl (C=O) groups is 1. The van der Waals surface area contributed by atoms with Crippen LogP contribution in [0.15, 0.2) is 40.3 Å². The highest BCUT2D eigenvalue weighted by Gasteiger charge is 2.17. The number of carbonyl (C=O) groups excluding carboxylic acids is 1. The van der Waals surface area contributed by atoms with Crippen molar-refractivity contribution in [2.75, 3.05) is 18.8 Å². The molecule has 128 valence electrons. The fraction of sp³-hybridized carbons (Fsp3) is 0.312. The zero-order chi connectivity index (χ0) is 17.7. The fourth-order valence-electron chi connectivity index (χ4n) is 2.20. The van der Waals surface area contributed by atoms with Gasteiger partial charge >= 0.3 is 0 Å². The first kappa shape index (κ1) is 18.0. The van der Waals surface area contributed by atoms with Crippen molar-refractivity contribution in [3.8, 4) is 11.6 Å². The average molecular weight is 351 g/mol. The number of amides is 1. The molecule has 0 fully saturated rings. The third kappa shape index (κ3) is 3.94. The maximum atomic E-state index is 14.0. The topological polar surface area (TPSA) is 75.4 Å². The number of aromatic hydroxyl groups is 1. The number of hydrogen-bond acceptors (Lipinski definition) is 5. The van der Waals surface area contributed by atoms with Crippen molar-refractivity contribution >= 4 is 17.7 Å². The van der Waals surface area contributed by atoms with Crippen molar-refractivity contribution < 1.29 is 14.3 Å². The molecule has 8 heteroatoms. The number of thioether (sulfide) groups is 1. The molecule has 2 rings (SSSR count). The minimum atomic E-state index is -0.620. The first-order valence-corrected chi connectivity index (χ1v) is 8.45. The van der Waals surface area contributed by atoms with E-state index >= 15 is 0 Å². The monoisotopic (exact) mass is 351 g/mol. The summed E-state index contributed by atoms with van der Waals surface area (Å²) in [5.41, 5.74) is -0.599. The van der Waals surface area contributed by atoms with E-state index in [0.29, 0.717) is 13.1 Å². The van der Waals surface area contributed by atoms with Gasteiger partial charge < -0.3 is 10.0 Å². The van der Waals surface area contributed by atoms with Gasteiger partial charge in [-0.1, -0.05) is 23.9 Å². The number of benzene rings is 1. The summed E-state index contributed by atoms with van der Waals surface area (Å²) in [7, 11) is 0. The number of halogens is 1. The van der Waals surface area contributed by atoms with E-state index < -0.39 is 17.3 Å². The van der Waals surface area contributed by atoms with Crippen LogP contribution in [0.25, 0.3) is 5.69 Å². The van der Waals surface area contributed by atoms with Crippen LogP contribution in [0.2, 0.25) is 0 Å². The normalized spacial score (nSPS) is 10.6. The largest absolute Gasteiger partial charge is 0.493 e. The van der Waals surface area contributed by atoms with Crippen molar-refractivity contribution in [3.05, 3.63) is 46.5 Å². The van der Waals surface area contributed by atoms with Gasteiger partial charge in [-0.15, -0.1) is 0 Å². The van der Waals surface area contributed by atoms with Crippen LogP contribution in [0.1, 0.15) is 13.8 Å². The summed E-state index contributed by atoms with van der Waals surface area (Å²) in [6, 6.07) is 6.67. The molecular weight excluding hydrogens is 333 g/mol. The Labute approximate surface area is 142 Å². The highest BCUT2D eigenvalue weighted by molar-refractivity contribution is 7.99. The molecule has 0 atom stereocenters. The second-order valence-electron chi connectivity index (χ2n) is 4.88. The third-order valence-electron chi connectivity index (χ3n) is 3.41. The van der Waals surface area contributed by atoms with Gasteiger partial charge in [0, 0.05) is 13.1 Å². The Kier molecular flexibility index (Phi) is 5.97. The van der Waals surface area contributed by atoms with E-state index in [9.17, 15) is 19.1 Å². The molecular formula is C16H18FN3O3S. The van der Waals surface area contributed by atoms with Gasteiger partial charge in [0.2, 0.25) is 11.8 Å². The summed E-state index contributed by atoms with van der Waals surface area (Å²) < 4.78 is 15.1. The van der Waals surface area contributed by atoms with Crippen LogP contribution in [0.5, 0.6) is 5.88 Å². The molecule has 1 heterocycles. The van der Waals surface area contributed by atoms with Gasteiger partial charge in [-0.3, -0.25) is 14.2 Å². The quantitative estimate of drug-likeness (QED) is 0.637. The van der Waals surface area contributed by atoms with E-state index in [1.807, 2.05) is 13.8 Å². The number of aromatic nitrogens is 2. The summed E-state index contributed by atoms with van der Waals surface area (Å²) in [6.45, 7) is 4.88. The van der Waals surface area contributed by atoms with Crippen molar-refractivity contribution in [2.24, 2.45) is 0 Å². The van der Waals surface area contributed by atoms with Crippen molar-refractivity contribution in [1.29, 1.82) is 0 Å². The fourth-order valence-corrected chi connectivity index (χ4v) is 3.11. The molecule has 0 aliphatic heterocycles. The van der Waals surface area contributed by atoms with Gasteiger partial charge in [-0.2, -0.15) is 4.98 Å². The second kappa shape index (κ2) is 7.96. The Balaban J connectivity index is 2.38. The van der Waals surface area contributed by atoms with Gasteiger partial charge in [-0.25, -0.2) is 4.39 Å². The lowest BCUT2D eigenvalue weighted by molar-refractivity contribution is -0.127. The standard InChI is InChI=1S/C16H18FN3O3S/c1-3-19(4-2)15(23)10-24-16-18-13(21)9-14(22)20(16)12-8-6-5-7-11(12)17/h5-9,21H,3-4,10H2,1-2H3. The second-order valence-corrected chi connectivity index (χ2v) is 5.82. The maximum absolute atomic E-state index is 14.0. The predicted molar refractivity (Wildman–Crippen MR) is 90.1 cm³/mol. The van der Waals surface area contributed by atoms with Crippen LogP contribution in [0.4, 0.5) is 4.39 Å². The van der Waals surface area contributed by atoms with Crippen LogP contribution in [0.3, 0.4) is 0 Å². The van der Waals surface area contributed by atoms with Gasteiger partial charge in [0.25, 0.3) is 5.56 Å². The van der Waals surface area contributed by atoms with E-state index in [1.165, 1.54) is 18.2 Å². The van der Waals surface area contributed by atoms with Crippen LogP contribution in [-0.4, -0.2) is 44.3 Å². The van der Waals surface area contributed by atoms with E-state index in [2.05, 4.69) is 4.98 Å². The first-order valence-electron chi connectivity index (χ1n) is 7.46. The SMILES string of the molecule is CCN(CC)C(=O)CSc1nc(O)cc(=O)n1-c1ccccc1F. The minimum absolute atomic E-state index is 0.0211. The lowest BCUT2D eigenvalue weighted by atomic mass is 10.3. The molecule has 1 N–H and O–H groups in total. The van der Waals surface area contributed by atoms with Gasteiger partial charge in [0.1, 0.15) is 5.82 Å². The van der Waals surface area contributed by atoms with E-state index in [4.69, 9.17) is 0 Å². The van der Waals surface area contributed by atoms with Crippen LogP contribution in [0, 0.1) is 5.82 Å². The Bertz CT molecular complexity index is 790. The Hall–Kier alpha value is -2.35. The summed E-state index contributed by atoms with van der Waals surface area (Å²) in [4.78, 5) is 29.8. The lowest BCUT2D eigenvalue weighted by Crippen LogP contribution is -2.32. The molecule has 1 amide bonds. The molecule has 0 unspecified atom stereocenters. The molecule has 0 saturated heterocycles. The zero-order valence-corrected chi connectivity index (χ0v) is 14.2. The third-order valence-corrected chi connectivity index (χ3v) is 4.33. The molecule has 0 radical (unpaired) electrons. The smallest absolute Gasteiger partial charge is 0.262 e. The van der Waals surface area contributed by atoms with Crippen molar-refractivity contribution in [2.45, 2.75) is 19.0 Å². The number of para-hydroxylation sites is 1. The number of hydrogen-bond donors (Lipinski definition) is 1. The molecule has 0 spiro atoms. The van der Waals surface area contributed by atoms with Crippen LogP contribution < -0.4 is 5.56 Å². The average Bonchev–Trinajstić information content (AvgIpc) is 2.55. The predicted octanol–water partition coefficient (Wildman–Crippen LogP) is 2.04. The van der Waals surface area contributed by atoms with Crippen LogP contribution >= 0.6 is 11.8 Å². The molecule has 0 saturated carbocycles. The summed E-state index contributed by atoms with van der Waals surface area (Å²) in [5, 5.41) is 9.64. The number of nitrogens with zero attached hydrogens (tertiary/aromatic N) is 3. The van der Waals surface area contributed by atoms with Crippen molar-refractivity contribution in [3.63, 3.8) is 0 Å². The van der Waals surface area contributed by atoms with E-state index in [1.54, 1.807) is 11.0 Å². The molecule has 1 aromatic heterocycles. The Morgan fingerprint density at radius 3 is 2.62 bits per heavy atom. The first-order chi connectivity index (χ1) is 11.5. The lowest BCUT2D eigenvalue weighted by Gasteiger charge is -2.18. The molecule has 2 aromatic rings. The van der Waals surface area contributed by atoms with E-state index in [0.717, 1.165) is 22.4 Å². The maximum Gasteiger partial charge on any atom is 0.262 e. The molecule has 1 aromatic carbocycles. The summed E-state index contributed by atoms with van der Waals surface area (Å²) in [6.07, 6.45) is 0. The Morgan fingerprint density at radius 2 is 2.00 bits per heavy atom. The van der Waals surface area contributed by atoms with E-state index in [-0.39, 0.29) is 22.5 Å². The molecule has 0 aliphatic carbocycles. The molecule has 6 nitrogen and oxygen atoms in total. The Morgan fingerprint density at radius 1 is 1.33 bits per heavy atom. The highest BCUT2D eigenvalue weighted by Crippen LogP contribution is 2.22. The molecule has 0 bridgehead atoms. The van der Waals surface area contributed by atoms with Gasteiger partial charge in [0.05, 0.1) is 17.5 Å². The molecule has 24 heavy (non-hydrogen) atoms. The summed E-state index contributed by atoms with van der Waals surface area (Å²) in [5.74, 6) is -1.15. The zero-order valence-electron chi connectivity index (χ0n) is 13.4. The highest BCUT2D eigenvalue weighted by atomic mass is 32.2. The minimum Gasteiger partial charge on any atom is -0.493 e. The van der Waals surface area contributed by atoms with Crippen LogP contribution in [-0.2, 0) is 4.79 Å². The van der Waals surface area contributed by atoms with Gasteiger partial charge in [-0.05, 0) is 26.0 Å². The number of rotatable bonds is 6. The summed E-state index contributed by atoms with van der Waals surface area (Å²) >= 11 is 0.980. The molecule has 0 aliphatic rings. The van der Waals surface area contributed by atoms with Gasteiger partial charge in [0.15, 0.2) is 5.16 Å². The van der Waals surface area contributed by atoms with Crippen molar-refractivity contribution in [1.82, 2.24) is 14.5 Å².